The van der Waals surface area contributed by atoms with Crippen LogP contribution in [0.4, 0.5) is 0 Å². The Kier molecular flexibility index (Phi) is 9.05. The molecule has 0 unspecified atom stereocenters. The van der Waals surface area contributed by atoms with Crippen molar-refractivity contribution in [2.24, 2.45) is 5.41 Å². The van der Waals surface area contributed by atoms with Gasteiger partial charge in [0.25, 0.3) is 0 Å². The van der Waals surface area contributed by atoms with Crippen molar-refractivity contribution < 1.29 is 33.4 Å². The van der Waals surface area contributed by atoms with Gasteiger partial charge in [0.05, 0.1) is 20.8 Å². The molecule has 0 heterocycles. The van der Waals surface area contributed by atoms with Gasteiger partial charge in [0.1, 0.15) is 11.2 Å². The highest BCUT2D eigenvalue weighted by atomic mass is 16.5. The summed E-state index contributed by atoms with van der Waals surface area (Å²) in [5, 5.41) is 0. The first-order chi connectivity index (χ1) is 10.4. The van der Waals surface area contributed by atoms with Gasteiger partial charge in [0.2, 0.25) is 0 Å². The third-order valence-electron chi connectivity index (χ3n) is 3.49. The van der Waals surface area contributed by atoms with Gasteiger partial charge in [0.15, 0.2) is 0 Å². The minimum absolute atomic E-state index is 0.0534. The summed E-state index contributed by atoms with van der Waals surface area (Å²) in [6, 6.07) is 0. The first-order valence-electron chi connectivity index (χ1n) is 7.22. The Labute approximate surface area is 130 Å². The zero-order valence-corrected chi connectivity index (χ0v) is 13.6. The van der Waals surface area contributed by atoms with Crippen LogP contribution in [0.15, 0.2) is 0 Å². The molecule has 0 rings (SSSR count). The van der Waals surface area contributed by atoms with Crippen LogP contribution in [-0.4, -0.2) is 44.5 Å². The molecule has 0 aromatic carbocycles. The molecule has 0 aliphatic rings. The number of methoxy groups -OCH3 is 2. The SMILES string of the molecule is CCOC(=O)C(CCC(=O)OC)(CCC(=O)OC)C(=O)CC. The molecule has 0 saturated heterocycles. The third kappa shape index (κ3) is 5.46. The Morgan fingerprint density at radius 3 is 1.64 bits per heavy atom. The highest BCUT2D eigenvalue weighted by Gasteiger charge is 2.46. The van der Waals surface area contributed by atoms with E-state index < -0.39 is 23.3 Å². The number of esters is 3. The number of ether oxygens (including phenoxy) is 3. The molecule has 0 fully saturated rings. The van der Waals surface area contributed by atoms with E-state index in [-0.39, 0.29) is 44.5 Å². The fourth-order valence-electron chi connectivity index (χ4n) is 2.16. The van der Waals surface area contributed by atoms with Crippen molar-refractivity contribution in [3.8, 4) is 0 Å². The lowest BCUT2D eigenvalue weighted by Gasteiger charge is -2.29. The maximum atomic E-state index is 12.3. The summed E-state index contributed by atoms with van der Waals surface area (Å²) in [6.45, 7) is 3.35. The van der Waals surface area contributed by atoms with Crippen molar-refractivity contribution in [3.63, 3.8) is 0 Å². The summed E-state index contributed by atoms with van der Waals surface area (Å²) in [5.41, 5.74) is -1.52. The van der Waals surface area contributed by atoms with Crippen molar-refractivity contribution in [2.75, 3.05) is 20.8 Å². The summed E-state index contributed by atoms with van der Waals surface area (Å²) in [7, 11) is 2.45. The van der Waals surface area contributed by atoms with E-state index in [0.29, 0.717) is 0 Å². The number of carbonyl (C=O) groups excluding carboxylic acids is 4. The topological polar surface area (TPSA) is 96.0 Å². The lowest BCUT2D eigenvalue weighted by molar-refractivity contribution is -0.162. The Morgan fingerprint density at radius 2 is 1.32 bits per heavy atom. The number of hydrogen-bond donors (Lipinski definition) is 0. The summed E-state index contributed by atoms with van der Waals surface area (Å²) < 4.78 is 14.1. The molecule has 0 radical (unpaired) electrons. The third-order valence-corrected chi connectivity index (χ3v) is 3.49. The molecule has 0 atom stereocenters. The second-order valence-electron chi connectivity index (χ2n) is 4.73. The van der Waals surface area contributed by atoms with Gasteiger partial charge in [0, 0.05) is 19.3 Å². The highest BCUT2D eigenvalue weighted by molar-refractivity contribution is 6.04. The molecule has 0 aromatic rings. The van der Waals surface area contributed by atoms with Gasteiger partial charge in [-0.1, -0.05) is 6.92 Å². The molecule has 0 amide bonds. The van der Waals surface area contributed by atoms with Gasteiger partial charge in [-0.15, -0.1) is 0 Å². The van der Waals surface area contributed by atoms with Gasteiger partial charge in [-0.25, -0.2) is 0 Å². The standard InChI is InChI=1S/C15H24O7/c1-5-11(16)15(14(19)22-6-2,9-7-12(17)20-3)10-8-13(18)21-4/h5-10H2,1-4H3. The smallest absolute Gasteiger partial charge is 0.319 e. The van der Waals surface area contributed by atoms with Crippen molar-refractivity contribution in [2.45, 2.75) is 46.0 Å². The maximum Gasteiger partial charge on any atom is 0.319 e. The summed E-state index contributed by atoms with van der Waals surface area (Å²) in [5.74, 6) is -2.14. The fourth-order valence-corrected chi connectivity index (χ4v) is 2.16. The van der Waals surface area contributed by atoms with Crippen LogP contribution in [0.2, 0.25) is 0 Å². The second-order valence-corrected chi connectivity index (χ2v) is 4.73. The summed E-state index contributed by atoms with van der Waals surface area (Å²) >= 11 is 0. The van der Waals surface area contributed by atoms with E-state index >= 15 is 0 Å². The van der Waals surface area contributed by atoms with Crippen LogP contribution in [0.5, 0.6) is 0 Å². The number of rotatable bonds is 10. The van der Waals surface area contributed by atoms with Crippen LogP contribution < -0.4 is 0 Å². The quantitative estimate of drug-likeness (QED) is 0.341. The Balaban J connectivity index is 5.39. The Morgan fingerprint density at radius 1 is 0.864 bits per heavy atom. The van der Waals surface area contributed by atoms with E-state index in [2.05, 4.69) is 9.47 Å². The number of carbonyl (C=O) groups is 4. The highest BCUT2D eigenvalue weighted by Crippen LogP contribution is 2.34. The van der Waals surface area contributed by atoms with Crippen LogP contribution >= 0.6 is 0 Å². The van der Waals surface area contributed by atoms with E-state index in [0.717, 1.165) is 0 Å². The average Bonchev–Trinajstić information content (AvgIpc) is 2.53. The van der Waals surface area contributed by atoms with Crippen LogP contribution in [0.3, 0.4) is 0 Å². The first kappa shape index (κ1) is 20.1. The van der Waals surface area contributed by atoms with Crippen molar-refractivity contribution in [1.29, 1.82) is 0 Å². The lowest BCUT2D eigenvalue weighted by Crippen LogP contribution is -2.41. The van der Waals surface area contributed by atoms with E-state index in [1.807, 2.05) is 0 Å². The molecule has 0 spiro atoms. The molecule has 7 nitrogen and oxygen atoms in total. The molecule has 0 aromatic heterocycles. The van der Waals surface area contributed by atoms with Crippen LogP contribution in [0.25, 0.3) is 0 Å². The van der Waals surface area contributed by atoms with E-state index in [9.17, 15) is 19.2 Å². The molecule has 126 valence electrons. The van der Waals surface area contributed by atoms with Crippen molar-refractivity contribution in [3.05, 3.63) is 0 Å². The maximum absolute atomic E-state index is 12.3. The normalized spacial score (nSPS) is 10.7. The number of ketones is 1. The molecule has 0 aliphatic carbocycles. The fraction of sp³-hybridized carbons (Fsp3) is 0.733. The summed E-state index contributed by atoms with van der Waals surface area (Å²) in [4.78, 5) is 47.4. The predicted molar refractivity (Wildman–Crippen MR) is 76.9 cm³/mol. The van der Waals surface area contributed by atoms with Gasteiger partial charge in [-0.2, -0.15) is 0 Å². The predicted octanol–water partition coefficient (Wildman–Crippen LogP) is 1.42. The largest absolute Gasteiger partial charge is 0.469 e. The minimum atomic E-state index is -1.52. The zero-order valence-electron chi connectivity index (χ0n) is 13.6. The number of hydrogen-bond acceptors (Lipinski definition) is 7. The van der Waals surface area contributed by atoms with Crippen LogP contribution in [0, 0.1) is 5.41 Å². The Bertz CT molecular complexity index is 394. The first-order valence-corrected chi connectivity index (χ1v) is 7.22. The van der Waals surface area contributed by atoms with Crippen molar-refractivity contribution >= 4 is 23.7 Å². The van der Waals surface area contributed by atoms with E-state index in [1.165, 1.54) is 14.2 Å². The van der Waals surface area contributed by atoms with Gasteiger partial charge in [-0.3, -0.25) is 19.2 Å². The number of Topliss-reactive ketones (excluding diaryl/α,β-unsaturated/α-hetero) is 1. The molecule has 0 bridgehead atoms. The molecule has 7 heteroatoms. The minimum Gasteiger partial charge on any atom is -0.469 e. The monoisotopic (exact) mass is 316 g/mol. The van der Waals surface area contributed by atoms with E-state index in [4.69, 9.17) is 4.74 Å². The van der Waals surface area contributed by atoms with E-state index in [1.54, 1.807) is 13.8 Å². The molecule has 0 aliphatic heterocycles. The lowest BCUT2D eigenvalue weighted by atomic mass is 9.74. The molecular weight excluding hydrogens is 292 g/mol. The van der Waals surface area contributed by atoms with Crippen LogP contribution in [0.1, 0.15) is 46.0 Å². The average molecular weight is 316 g/mol. The van der Waals surface area contributed by atoms with Crippen molar-refractivity contribution in [1.82, 2.24) is 0 Å². The molecule has 0 N–H and O–H groups in total. The molecular formula is C15H24O7. The van der Waals surface area contributed by atoms with Gasteiger partial charge >= 0.3 is 17.9 Å². The molecule has 0 saturated carbocycles. The zero-order chi connectivity index (χ0) is 17.2. The van der Waals surface area contributed by atoms with Crippen LogP contribution in [-0.2, 0) is 33.4 Å². The summed E-state index contributed by atoms with van der Waals surface area (Å²) in [6.07, 6.45) is -0.226. The van der Waals surface area contributed by atoms with Gasteiger partial charge in [-0.05, 0) is 19.8 Å². The second kappa shape index (κ2) is 9.92. The Hall–Kier alpha value is -1.92. The molecule has 22 heavy (non-hydrogen) atoms. The van der Waals surface area contributed by atoms with Gasteiger partial charge < -0.3 is 14.2 Å².